The smallest absolute Gasteiger partial charge is 0.336 e. The van der Waals surface area contributed by atoms with Gasteiger partial charge in [0, 0.05) is 0 Å². The Labute approximate surface area is 125 Å². The van der Waals surface area contributed by atoms with Crippen LogP contribution in [0.2, 0.25) is 0 Å². The second-order valence-electron chi connectivity index (χ2n) is 5.69. The molecule has 8 heteroatoms. The molecule has 1 rings (SSSR count). The van der Waals surface area contributed by atoms with Gasteiger partial charge in [0.05, 0.1) is 22.3 Å². The van der Waals surface area contributed by atoms with Crippen molar-refractivity contribution in [1.29, 1.82) is 0 Å². The molecule has 0 radical (unpaired) electrons. The highest BCUT2D eigenvalue weighted by molar-refractivity contribution is 6.13. The summed E-state index contributed by atoms with van der Waals surface area (Å²) in [5, 5.41) is 18.8. The molecule has 6 N–H and O–H groups in total. The first-order chi connectivity index (χ1) is 9.89. The fourth-order valence-corrected chi connectivity index (χ4v) is 2.27. The van der Waals surface area contributed by atoms with Crippen LogP contribution in [0.25, 0.3) is 0 Å². The number of carbonyl (C=O) groups excluding carboxylic acids is 2. The first-order valence-corrected chi connectivity index (χ1v) is 6.17. The third-order valence-corrected chi connectivity index (χ3v) is 3.04. The monoisotopic (exact) mass is 308 g/mol. The van der Waals surface area contributed by atoms with E-state index < -0.39 is 51.4 Å². The van der Waals surface area contributed by atoms with E-state index in [1.165, 1.54) is 0 Å². The lowest BCUT2D eigenvalue weighted by Crippen LogP contribution is -2.30. The number of aromatic carboxylic acids is 2. The van der Waals surface area contributed by atoms with Crippen molar-refractivity contribution in [3.8, 4) is 0 Å². The minimum absolute atomic E-state index is 0.183. The highest BCUT2D eigenvalue weighted by atomic mass is 16.4. The van der Waals surface area contributed by atoms with Crippen molar-refractivity contribution in [2.24, 2.45) is 11.5 Å². The Morgan fingerprint density at radius 1 is 0.864 bits per heavy atom. The van der Waals surface area contributed by atoms with E-state index in [0.717, 1.165) is 6.07 Å². The van der Waals surface area contributed by atoms with Gasteiger partial charge in [-0.05, 0) is 17.0 Å². The molecule has 0 bridgehead atoms. The molecule has 0 aliphatic rings. The maximum Gasteiger partial charge on any atom is 0.336 e. The van der Waals surface area contributed by atoms with E-state index in [0.29, 0.717) is 0 Å². The first kappa shape index (κ1) is 17.2. The lowest BCUT2D eigenvalue weighted by molar-refractivity contribution is 0.0683. The van der Waals surface area contributed by atoms with E-state index in [9.17, 15) is 29.4 Å². The average molecular weight is 308 g/mol. The van der Waals surface area contributed by atoms with Gasteiger partial charge < -0.3 is 21.7 Å². The summed E-state index contributed by atoms with van der Waals surface area (Å²) in [6, 6.07) is 0.812. The molecule has 0 spiro atoms. The van der Waals surface area contributed by atoms with Gasteiger partial charge in [0.1, 0.15) is 0 Å². The summed E-state index contributed by atoms with van der Waals surface area (Å²) in [5.41, 5.74) is 7.14. The maximum absolute atomic E-state index is 11.5. The van der Waals surface area contributed by atoms with Gasteiger partial charge in [0.2, 0.25) is 11.8 Å². The Hall–Kier alpha value is -2.90. The molecule has 1 aromatic rings. The van der Waals surface area contributed by atoms with E-state index in [1.807, 2.05) is 0 Å². The molecule has 0 saturated heterocycles. The molecule has 0 unspecified atom stereocenters. The van der Waals surface area contributed by atoms with E-state index >= 15 is 0 Å². The van der Waals surface area contributed by atoms with Crippen LogP contribution >= 0.6 is 0 Å². The van der Waals surface area contributed by atoms with Crippen molar-refractivity contribution in [3.05, 3.63) is 33.9 Å². The zero-order valence-corrected chi connectivity index (χ0v) is 12.3. The molecule has 0 heterocycles. The van der Waals surface area contributed by atoms with E-state index in [4.69, 9.17) is 11.5 Å². The van der Waals surface area contributed by atoms with Crippen molar-refractivity contribution in [2.75, 3.05) is 0 Å². The molecule has 0 fully saturated rings. The number of hydrogen-bond acceptors (Lipinski definition) is 4. The fourth-order valence-electron chi connectivity index (χ4n) is 2.27. The van der Waals surface area contributed by atoms with Gasteiger partial charge in [-0.3, -0.25) is 9.59 Å². The van der Waals surface area contributed by atoms with Crippen LogP contribution < -0.4 is 11.5 Å². The quantitative estimate of drug-likeness (QED) is 0.636. The van der Waals surface area contributed by atoms with Crippen LogP contribution in [0, 0.1) is 0 Å². The fraction of sp³-hybridized carbons (Fsp3) is 0.286. The normalized spacial score (nSPS) is 11.0. The number of amides is 2. The Balaban J connectivity index is 4.20. The first-order valence-electron chi connectivity index (χ1n) is 6.17. The van der Waals surface area contributed by atoms with Crippen LogP contribution in [0.5, 0.6) is 0 Å². The minimum atomic E-state index is -1.52. The standard InChI is InChI=1S/C14H16N2O6/c1-14(2,3)9-7(12(19)20)5(10(15)17)4-6(11(16)18)8(9)13(21)22/h4H,1-3H3,(H2,15,17)(H2,16,18)(H,19,20)(H,21,22). The molecule has 22 heavy (non-hydrogen) atoms. The molecule has 0 atom stereocenters. The predicted octanol–water partition coefficient (Wildman–Crippen LogP) is 0.578. The molecule has 0 aliphatic heterocycles. The second-order valence-corrected chi connectivity index (χ2v) is 5.69. The van der Waals surface area contributed by atoms with E-state index in [-0.39, 0.29) is 5.56 Å². The van der Waals surface area contributed by atoms with Crippen LogP contribution in [-0.2, 0) is 5.41 Å². The molecule has 118 valence electrons. The molecule has 0 saturated carbocycles. The van der Waals surface area contributed by atoms with Crippen LogP contribution in [0.1, 0.15) is 67.8 Å². The van der Waals surface area contributed by atoms with Gasteiger partial charge in [-0.25, -0.2) is 9.59 Å². The van der Waals surface area contributed by atoms with Gasteiger partial charge in [0.15, 0.2) is 0 Å². The van der Waals surface area contributed by atoms with Gasteiger partial charge in [0.25, 0.3) is 0 Å². The van der Waals surface area contributed by atoms with Crippen molar-refractivity contribution in [1.82, 2.24) is 0 Å². The number of carbonyl (C=O) groups is 4. The summed E-state index contributed by atoms with van der Waals surface area (Å²) >= 11 is 0. The molecule has 1 aromatic carbocycles. The van der Waals surface area contributed by atoms with Gasteiger partial charge >= 0.3 is 11.9 Å². The Morgan fingerprint density at radius 2 is 1.18 bits per heavy atom. The lowest BCUT2D eigenvalue weighted by atomic mass is 9.77. The molecule has 0 aliphatic carbocycles. The highest BCUT2D eigenvalue weighted by Gasteiger charge is 2.35. The van der Waals surface area contributed by atoms with Crippen LogP contribution in [-0.4, -0.2) is 34.0 Å². The summed E-state index contributed by atoms with van der Waals surface area (Å²) in [6.07, 6.45) is 0. The number of hydrogen-bond donors (Lipinski definition) is 4. The number of nitrogens with two attached hydrogens (primary N) is 2. The van der Waals surface area contributed by atoms with E-state index in [1.54, 1.807) is 20.8 Å². The summed E-state index contributed by atoms with van der Waals surface area (Å²) in [4.78, 5) is 46.1. The summed E-state index contributed by atoms with van der Waals surface area (Å²) in [7, 11) is 0. The minimum Gasteiger partial charge on any atom is -0.478 e. The number of rotatable bonds is 4. The van der Waals surface area contributed by atoms with Crippen LogP contribution in [0.4, 0.5) is 0 Å². The third kappa shape index (κ3) is 2.90. The Kier molecular flexibility index (Phi) is 4.27. The SMILES string of the molecule is CC(C)(C)c1c(C(=O)O)c(C(N)=O)cc(C(N)=O)c1C(=O)O. The number of carboxylic acids is 2. The molecule has 8 nitrogen and oxygen atoms in total. The third-order valence-electron chi connectivity index (χ3n) is 3.04. The summed E-state index contributed by atoms with van der Waals surface area (Å²) in [5.74, 6) is -5.22. The molecular formula is C14H16N2O6. The van der Waals surface area contributed by atoms with Crippen molar-refractivity contribution < 1.29 is 29.4 Å². The lowest BCUT2D eigenvalue weighted by Gasteiger charge is -2.26. The molecule has 2 amide bonds. The summed E-state index contributed by atoms with van der Waals surface area (Å²) in [6.45, 7) is 4.66. The van der Waals surface area contributed by atoms with Crippen molar-refractivity contribution in [3.63, 3.8) is 0 Å². The zero-order valence-electron chi connectivity index (χ0n) is 12.3. The van der Waals surface area contributed by atoms with E-state index in [2.05, 4.69) is 0 Å². The van der Waals surface area contributed by atoms with Crippen LogP contribution in [0.15, 0.2) is 6.07 Å². The van der Waals surface area contributed by atoms with Gasteiger partial charge in [-0.15, -0.1) is 0 Å². The largest absolute Gasteiger partial charge is 0.478 e. The number of primary amides is 2. The number of carboxylic acid groups (broad SMARTS) is 2. The van der Waals surface area contributed by atoms with Crippen LogP contribution in [0.3, 0.4) is 0 Å². The van der Waals surface area contributed by atoms with Crippen molar-refractivity contribution in [2.45, 2.75) is 26.2 Å². The van der Waals surface area contributed by atoms with Crippen molar-refractivity contribution >= 4 is 23.8 Å². The van der Waals surface area contributed by atoms with Gasteiger partial charge in [-0.1, -0.05) is 20.8 Å². The maximum atomic E-state index is 11.5. The molecular weight excluding hydrogens is 292 g/mol. The zero-order chi connectivity index (χ0) is 17.4. The highest BCUT2D eigenvalue weighted by Crippen LogP contribution is 2.34. The second kappa shape index (κ2) is 5.47. The Bertz CT molecular complexity index is 650. The predicted molar refractivity (Wildman–Crippen MR) is 76.1 cm³/mol. The summed E-state index contributed by atoms with van der Waals surface area (Å²) < 4.78 is 0. The topological polar surface area (TPSA) is 161 Å². The number of benzene rings is 1. The Morgan fingerprint density at radius 3 is 1.36 bits per heavy atom. The molecule has 0 aromatic heterocycles. The average Bonchev–Trinajstić information content (AvgIpc) is 2.34. The van der Waals surface area contributed by atoms with Gasteiger partial charge in [-0.2, -0.15) is 0 Å².